The van der Waals surface area contributed by atoms with Crippen LogP contribution in [0.15, 0.2) is 60.8 Å². The SMILES string of the molecule is CNc1ncc2cc(-c3cc(C(=O)Nc4ccc(CN5CCN(C)CC5)c(C(F)(F)F)c4)ccc3C)ccc2n1. The second-order valence-electron chi connectivity index (χ2n) is 10.2. The molecule has 0 radical (unpaired) electrons. The number of nitrogens with zero attached hydrogens (tertiary/aromatic N) is 4. The van der Waals surface area contributed by atoms with E-state index in [-0.39, 0.29) is 17.8 Å². The largest absolute Gasteiger partial charge is 0.416 e. The molecule has 10 heteroatoms. The lowest BCUT2D eigenvalue weighted by Gasteiger charge is -2.33. The predicted molar refractivity (Wildman–Crippen MR) is 151 cm³/mol. The molecule has 0 saturated carbocycles. The van der Waals surface area contributed by atoms with E-state index >= 15 is 0 Å². The van der Waals surface area contributed by atoms with Gasteiger partial charge in [-0.2, -0.15) is 13.2 Å². The molecule has 0 atom stereocenters. The summed E-state index contributed by atoms with van der Waals surface area (Å²) in [6.07, 6.45) is -2.80. The summed E-state index contributed by atoms with van der Waals surface area (Å²) in [5, 5.41) is 6.43. The van der Waals surface area contributed by atoms with E-state index in [1.165, 1.54) is 12.1 Å². The molecule has 208 valence electrons. The number of aromatic nitrogens is 2. The average molecular weight is 549 g/mol. The van der Waals surface area contributed by atoms with E-state index in [2.05, 4.69) is 25.5 Å². The topological polar surface area (TPSA) is 73.4 Å². The third kappa shape index (κ3) is 6.08. The number of hydrogen-bond donors (Lipinski definition) is 2. The summed E-state index contributed by atoms with van der Waals surface area (Å²) < 4.78 is 42.0. The number of alkyl halides is 3. The first-order valence-corrected chi connectivity index (χ1v) is 13.1. The molecule has 3 aromatic carbocycles. The van der Waals surface area contributed by atoms with E-state index in [0.717, 1.165) is 46.7 Å². The minimum atomic E-state index is -4.53. The Kier molecular flexibility index (Phi) is 7.73. The van der Waals surface area contributed by atoms with Crippen LogP contribution < -0.4 is 10.6 Å². The monoisotopic (exact) mass is 548 g/mol. The minimum absolute atomic E-state index is 0.102. The Bertz CT molecular complexity index is 1550. The third-order valence-electron chi connectivity index (χ3n) is 7.28. The van der Waals surface area contributed by atoms with Crippen molar-refractivity contribution in [1.29, 1.82) is 0 Å². The molecular formula is C30H31F3N6O. The zero-order valence-electron chi connectivity index (χ0n) is 22.6. The number of aryl methyl sites for hydroxylation is 1. The minimum Gasteiger partial charge on any atom is -0.357 e. The summed E-state index contributed by atoms with van der Waals surface area (Å²) in [5.74, 6) is 0.0418. The van der Waals surface area contributed by atoms with Crippen LogP contribution >= 0.6 is 0 Å². The summed E-state index contributed by atoms with van der Waals surface area (Å²) in [7, 11) is 3.76. The van der Waals surface area contributed by atoms with Crippen molar-refractivity contribution >= 4 is 28.4 Å². The van der Waals surface area contributed by atoms with Gasteiger partial charge in [0.05, 0.1) is 11.1 Å². The van der Waals surface area contributed by atoms with Gasteiger partial charge < -0.3 is 15.5 Å². The van der Waals surface area contributed by atoms with Crippen LogP contribution in [0.25, 0.3) is 22.0 Å². The Morgan fingerprint density at radius 3 is 2.50 bits per heavy atom. The molecule has 0 unspecified atom stereocenters. The summed E-state index contributed by atoms with van der Waals surface area (Å²) in [4.78, 5) is 26.0. The van der Waals surface area contributed by atoms with Crippen molar-refractivity contribution in [1.82, 2.24) is 19.8 Å². The van der Waals surface area contributed by atoms with Gasteiger partial charge in [0, 0.05) is 62.6 Å². The number of likely N-dealkylation sites (N-methyl/N-ethyl adjacent to an activating group) is 1. The number of carbonyl (C=O) groups excluding carboxylic acids is 1. The molecule has 2 heterocycles. The van der Waals surface area contributed by atoms with Gasteiger partial charge in [0.1, 0.15) is 0 Å². The Balaban J connectivity index is 1.38. The van der Waals surface area contributed by atoms with E-state index in [1.807, 2.05) is 43.1 Å². The molecule has 5 rings (SSSR count). The van der Waals surface area contributed by atoms with Gasteiger partial charge in [-0.1, -0.05) is 18.2 Å². The number of halogens is 3. The summed E-state index contributed by atoms with van der Waals surface area (Å²) in [6, 6.07) is 15.1. The van der Waals surface area contributed by atoms with Gasteiger partial charge >= 0.3 is 6.18 Å². The van der Waals surface area contributed by atoms with Crippen LogP contribution in [0, 0.1) is 6.92 Å². The smallest absolute Gasteiger partial charge is 0.357 e. The van der Waals surface area contributed by atoms with Crippen molar-refractivity contribution in [3.63, 3.8) is 0 Å². The van der Waals surface area contributed by atoms with Crippen LogP contribution in [-0.4, -0.2) is 65.9 Å². The highest BCUT2D eigenvalue weighted by molar-refractivity contribution is 6.05. The Hall–Kier alpha value is -4.02. The van der Waals surface area contributed by atoms with E-state index in [4.69, 9.17) is 0 Å². The lowest BCUT2D eigenvalue weighted by molar-refractivity contribution is -0.138. The first kappa shape index (κ1) is 27.5. The number of nitrogens with one attached hydrogen (secondary N) is 2. The van der Waals surface area contributed by atoms with Crippen LogP contribution in [0.5, 0.6) is 0 Å². The van der Waals surface area contributed by atoms with Crippen LogP contribution in [0.4, 0.5) is 24.8 Å². The van der Waals surface area contributed by atoms with Crippen molar-refractivity contribution in [3.8, 4) is 11.1 Å². The van der Waals surface area contributed by atoms with Crippen molar-refractivity contribution < 1.29 is 18.0 Å². The summed E-state index contributed by atoms with van der Waals surface area (Å²) >= 11 is 0. The van der Waals surface area contributed by atoms with E-state index in [0.29, 0.717) is 24.6 Å². The van der Waals surface area contributed by atoms with Gasteiger partial charge in [0.2, 0.25) is 5.95 Å². The fraction of sp³-hybridized carbons (Fsp3) is 0.300. The maximum Gasteiger partial charge on any atom is 0.416 e. The van der Waals surface area contributed by atoms with E-state index in [1.54, 1.807) is 25.4 Å². The first-order chi connectivity index (χ1) is 19.1. The maximum absolute atomic E-state index is 14.0. The van der Waals surface area contributed by atoms with Crippen LogP contribution in [0.3, 0.4) is 0 Å². The van der Waals surface area contributed by atoms with Crippen molar-refractivity contribution in [2.75, 3.05) is 50.9 Å². The highest BCUT2D eigenvalue weighted by Crippen LogP contribution is 2.35. The zero-order chi connectivity index (χ0) is 28.4. The van der Waals surface area contributed by atoms with Gasteiger partial charge in [-0.3, -0.25) is 9.69 Å². The first-order valence-electron chi connectivity index (χ1n) is 13.1. The molecule has 1 fully saturated rings. The van der Waals surface area contributed by atoms with Crippen LogP contribution in [0.2, 0.25) is 0 Å². The third-order valence-corrected chi connectivity index (χ3v) is 7.28. The summed E-state index contributed by atoms with van der Waals surface area (Å²) in [6.45, 7) is 5.21. The number of piperazine rings is 1. The average Bonchev–Trinajstić information content (AvgIpc) is 2.94. The van der Waals surface area contributed by atoms with E-state index < -0.39 is 17.6 Å². The van der Waals surface area contributed by atoms with Crippen molar-refractivity contribution in [2.24, 2.45) is 0 Å². The van der Waals surface area contributed by atoms with E-state index in [9.17, 15) is 18.0 Å². The van der Waals surface area contributed by atoms with Gasteiger partial charge in [0.25, 0.3) is 5.91 Å². The van der Waals surface area contributed by atoms with Gasteiger partial charge in [-0.15, -0.1) is 0 Å². The number of benzene rings is 3. The molecule has 0 bridgehead atoms. The molecule has 4 aromatic rings. The number of hydrogen-bond acceptors (Lipinski definition) is 6. The van der Waals surface area contributed by atoms with Gasteiger partial charge in [-0.25, -0.2) is 9.97 Å². The van der Waals surface area contributed by atoms with Gasteiger partial charge in [-0.05, 0) is 72.6 Å². The Morgan fingerprint density at radius 1 is 1.00 bits per heavy atom. The maximum atomic E-state index is 14.0. The molecule has 1 aliphatic rings. The molecule has 1 aliphatic heterocycles. The lowest BCUT2D eigenvalue weighted by Crippen LogP contribution is -2.44. The standard InChI is InChI=1S/C30H31F3N6O/c1-19-4-5-21(15-25(19)20-7-9-27-23(14-20)17-35-29(34-2)37-27)28(40)36-24-8-6-22(26(16-24)30(31,32)33)18-39-12-10-38(3)11-13-39/h4-9,14-17H,10-13,18H2,1-3H3,(H,36,40)(H,34,35,37). The fourth-order valence-electron chi connectivity index (χ4n) is 4.90. The van der Waals surface area contributed by atoms with Crippen LogP contribution in [0.1, 0.15) is 27.0 Å². The number of anilines is 2. The highest BCUT2D eigenvalue weighted by Gasteiger charge is 2.34. The molecule has 0 aliphatic carbocycles. The number of fused-ring (bicyclic) bond motifs is 1. The second-order valence-corrected chi connectivity index (χ2v) is 10.2. The number of rotatable bonds is 6. The molecule has 7 nitrogen and oxygen atoms in total. The normalized spacial score (nSPS) is 14.8. The molecule has 1 aromatic heterocycles. The number of amides is 1. The molecule has 0 spiro atoms. The molecule has 2 N–H and O–H groups in total. The van der Waals surface area contributed by atoms with Crippen molar-refractivity contribution in [2.45, 2.75) is 19.6 Å². The quantitative estimate of drug-likeness (QED) is 0.324. The molecule has 40 heavy (non-hydrogen) atoms. The predicted octanol–water partition coefficient (Wildman–Crippen LogP) is 5.67. The Morgan fingerprint density at radius 2 is 1.77 bits per heavy atom. The summed E-state index contributed by atoms with van der Waals surface area (Å²) in [5.41, 5.74) is 3.38. The second kappa shape index (κ2) is 11.2. The van der Waals surface area contributed by atoms with Crippen molar-refractivity contribution in [3.05, 3.63) is 83.0 Å². The zero-order valence-corrected chi connectivity index (χ0v) is 22.6. The van der Waals surface area contributed by atoms with Crippen LogP contribution in [-0.2, 0) is 12.7 Å². The molecular weight excluding hydrogens is 517 g/mol. The van der Waals surface area contributed by atoms with Gasteiger partial charge in [0.15, 0.2) is 0 Å². The fourth-order valence-corrected chi connectivity index (χ4v) is 4.90. The molecule has 1 amide bonds. The molecule has 1 saturated heterocycles. The number of carbonyl (C=O) groups is 1. The lowest BCUT2D eigenvalue weighted by atomic mass is 9.97. The highest BCUT2D eigenvalue weighted by atomic mass is 19.4. The Labute approximate surface area is 231 Å².